The molecule has 1 unspecified atom stereocenters. The molecule has 0 radical (unpaired) electrons. The maximum Gasteiger partial charge on any atom is 0.256 e. The molecule has 1 fully saturated rings. The van der Waals surface area contributed by atoms with Gasteiger partial charge in [-0.2, -0.15) is 4.31 Å². The van der Waals surface area contributed by atoms with Crippen LogP contribution in [-0.2, 0) is 10.0 Å². The predicted molar refractivity (Wildman–Crippen MR) is 103 cm³/mol. The van der Waals surface area contributed by atoms with E-state index >= 15 is 0 Å². The highest BCUT2D eigenvalue weighted by atomic mass is 32.2. The van der Waals surface area contributed by atoms with Crippen LogP contribution >= 0.6 is 0 Å². The van der Waals surface area contributed by atoms with E-state index in [1.807, 2.05) is 6.92 Å². The number of benzene rings is 2. The largest absolute Gasteiger partial charge is 0.317 e. The van der Waals surface area contributed by atoms with Crippen LogP contribution in [0.25, 0.3) is 0 Å². The third kappa shape index (κ3) is 3.93. The highest BCUT2D eigenvalue weighted by Gasteiger charge is 2.31. The summed E-state index contributed by atoms with van der Waals surface area (Å²) in [5.41, 5.74) is -0.0157. The van der Waals surface area contributed by atoms with Gasteiger partial charge in [0.1, 0.15) is 17.3 Å². The second-order valence-corrected chi connectivity index (χ2v) is 8.88. The zero-order valence-electron chi connectivity index (χ0n) is 15.7. The Balaban J connectivity index is 1.94. The molecule has 3 rings (SSSR count). The fourth-order valence-corrected chi connectivity index (χ4v) is 5.09. The molecule has 1 N–H and O–H groups in total. The standard InChI is InChI=1S/C20H22F2N2O3S/c1-13-9-10-15(28(26,27)24-11-4-3-6-14(24)2)12-16(13)20(25)23-19-17(21)7-5-8-18(19)22/h5,7-10,12,14H,3-4,6,11H2,1-2H3,(H,23,25). The van der Waals surface area contributed by atoms with Gasteiger partial charge in [0.2, 0.25) is 10.0 Å². The predicted octanol–water partition coefficient (Wildman–Crippen LogP) is 4.09. The quantitative estimate of drug-likeness (QED) is 0.829. The first-order valence-electron chi connectivity index (χ1n) is 9.09. The van der Waals surface area contributed by atoms with E-state index in [1.54, 1.807) is 6.92 Å². The van der Waals surface area contributed by atoms with Crippen molar-refractivity contribution in [3.8, 4) is 0 Å². The molecule has 0 aliphatic carbocycles. The molecule has 28 heavy (non-hydrogen) atoms. The van der Waals surface area contributed by atoms with Crippen LogP contribution in [0.5, 0.6) is 0 Å². The SMILES string of the molecule is Cc1ccc(S(=O)(=O)N2CCCCC2C)cc1C(=O)Nc1c(F)cccc1F. The zero-order valence-corrected chi connectivity index (χ0v) is 16.5. The molecule has 1 aliphatic rings. The summed E-state index contributed by atoms with van der Waals surface area (Å²) in [5, 5.41) is 2.21. The van der Waals surface area contributed by atoms with Gasteiger partial charge in [0.05, 0.1) is 4.90 Å². The van der Waals surface area contributed by atoms with Crippen molar-refractivity contribution in [2.24, 2.45) is 0 Å². The Morgan fingerprint density at radius 3 is 2.46 bits per heavy atom. The molecule has 0 bridgehead atoms. The Morgan fingerprint density at radius 2 is 1.82 bits per heavy atom. The minimum absolute atomic E-state index is 0.00833. The average Bonchev–Trinajstić information content (AvgIpc) is 2.65. The molecule has 0 saturated carbocycles. The second kappa shape index (κ2) is 7.97. The number of amides is 1. The summed E-state index contributed by atoms with van der Waals surface area (Å²) in [6.45, 7) is 3.92. The summed E-state index contributed by atoms with van der Waals surface area (Å²) < 4.78 is 55.1. The number of nitrogens with zero attached hydrogens (tertiary/aromatic N) is 1. The third-order valence-corrected chi connectivity index (χ3v) is 7.01. The van der Waals surface area contributed by atoms with Crippen LogP contribution in [0.1, 0.15) is 42.1 Å². The smallest absolute Gasteiger partial charge is 0.256 e. The van der Waals surface area contributed by atoms with Crippen molar-refractivity contribution in [2.45, 2.75) is 44.0 Å². The van der Waals surface area contributed by atoms with Crippen molar-refractivity contribution in [2.75, 3.05) is 11.9 Å². The lowest BCUT2D eigenvalue weighted by Gasteiger charge is -2.32. The van der Waals surface area contributed by atoms with Crippen molar-refractivity contribution >= 4 is 21.6 Å². The molecular weight excluding hydrogens is 386 g/mol. The Kier molecular flexibility index (Phi) is 5.81. The summed E-state index contributed by atoms with van der Waals surface area (Å²) in [6, 6.07) is 7.37. The minimum atomic E-state index is -3.77. The van der Waals surface area contributed by atoms with Gasteiger partial charge in [-0.15, -0.1) is 0 Å². The summed E-state index contributed by atoms with van der Waals surface area (Å²) in [6.07, 6.45) is 2.54. The molecule has 5 nitrogen and oxygen atoms in total. The molecule has 8 heteroatoms. The maximum absolute atomic E-state index is 13.8. The topological polar surface area (TPSA) is 66.5 Å². The van der Waals surface area contributed by atoms with Crippen LogP contribution in [0.2, 0.25) is 0 Å². The molecule has 150 valence electrons. The number of hydrogen-bond donors (Lipinski definition) is 1. The van der Waals surface area contributed by atoms with E-state index in [0.717, 1.165) is 31.4 Å². The minimum Gasteiger partial charge on any atom is -0.317 e. The van der Waals surface area contributed by atoms with Crippen LogP contribution in [0.4, 0.5) is 14.5 Å². The number of halogens is 2. The van der Waals surface area contributed by atoms with Gasteiger partial charge in [-0.3, -0.25) is 4.79 Å². The number of carbonyl (C=O) groups is 1. The number of aryl methyl sites for hydroxylation is 1. The summed E-state index contributed by atoms with van der Waals surface area (Å²) in [7, 11) is -3.77. The van der Waals surface area contributed by atoms with Crippen molar-refractivity contribution in [3.05, 3.63) is 59.2 Å². The first-order chi connectivity index (χ1) is 13.2. The summed E-state index contributed by atoms with van der Waals surface area (Å²) in [4.78, 5) is 12.6. The molecule has 2 aromatic rings. The van der Waals surface area contributed by atoms with E-state index < -0.39 is 33.3 Å². The van der Waals surface area contributed by atoms with Crippen LogP contribution in [0.15, 0.2) is 41.3 Å². The lowest BCUT2D eigenvalue weighted by atomic mass is 10.1. The molecule has 1 aliphatic heterocycles. The lowest BCUT2D eigenvalue weighted by molar-refractivity contribution is 0.102. The normalized spacial score (nSPS) is 18.1. The molecular formula is C20H22F2N2O3S. The number of anilines is 1. The monoisotopic (exact) mass is 408 g/mol. The van der Waals surface area contributed by atoms with Gasteiger partial charge in [-0.1, -0.05) is 18.6 Å². The third-order valence-electron chi connectivity index (χ3n) is 5.00. The number of rotatable bonds is 4. The number of carbonyl (C=O) groups excluding carboxylic acids is 1. The van der Waals surface area contributed by atoms with Crippen molar-refractivity contribution in [1.82, 2.24) is 4.31 Å². The number of para-hydroxylation sites is 1. The van der Waals surface area contributed by atoms with Gasteiger partial charge < -0.3 is 5.32 Å². The van der Waals surface area contributed by atoms with Crippen molar-refractivity contribution in [1.29, 1.82) is 0 Å². The molecule has 1 saturated heterocycles. The Hall–Kier alpha value is -2.32. The molecule has 1 heterocycles. The van der Waals surface area contributed by atoms with Crippen LogP contribution in [0, 0.1) is 18.6 Å². The van der Waals surface area contributed by atoms with Crippen molar-refractivity contribution < 1.29 is 22.0 Å². The highest BCUT2D eigenvalue weighted by Crippen LogP contribution is 2.27. The van der Waals surface area contributed by atoms with Gasteiger partial charge in [0.15, 0.2) is 0 Å². The number of nitrogens with one attached hydrogen (secondary N) is 1. The van der Waals surface area contributed by atoms with Crippen LogP contribution in [-0.4, -0.2) is 31.2 Å². The molecule has 1 amide bonds. The van der Waals surface area contributed by atoms with Crippen LogP contribution in [0.3, 0.4) is 0 Å². The Bertz CT molecular complexity index is 988. The second-order valence-electron chi connectivity index (χ2n) is 6.99. The van der Waals surface area contributed by atoms with E-state index in [1.165, 1.54) is 28.6 Å². The lowest BCUT2D eigenvalue weighted by Crippen LogP contribution is -2.42. The zero-order chi connectivity index (χ0) is 20.5. The number of sulfonamides is 1. The van der Waals surface area contributed by atoms with E-state index in [4.69, 9.17) is 0 Å². The molecule has 0 spiro atoms. The van der Waals surface area contributed by atoms with E-state index in [-0.39, 0.29) is 16.5 Å². The Morgan fingerprint density at radius 1 is 1.14 bits per heavy atom. The average molecular weight is 408 g/mol. The first-order valence-corrected chi connectivity index (χ1v) is 10.5. The fourth-order valence-electron chi connectivity index (χ4n) is 3.37. The molecule has 0 aromatic heterocycles. The molecule has 1 atom stereocenters. The maximum atomic E-state index is 13.8. The fraction of sp³-hybridized carbons (Fsp3) is 0.350. The van der Waals surface area contributed by atoms with Gasteiger partial charge in [0, 0.05) is 18.2 Å². The van der Waals surface area contributed by atoms with Gasteiger partial charge in [-0.05, 0) is 56.5 Å². The van der Waals surface area contributed by atoms with E-state index in [2.05, 4.69) is 5.32 Å². The van der Waals surface area contributed by atoms with Gasteiger partial charge in [0.25, 0.3) is 5.91 Å². The first kappa shape index (κ1) is 20.4. The highest BCUT2D eigenvalue weighted by molar-refractivity contribution is 7.89. The van der Waals surface area contributed by atoms with E-state index in [0.29, 0.717) is 12.1 Å². The Labute approximate surface area is 163 Å². The van der Waals surface area contributed by atoms with E-state index in [9.17, 15) is 22.0 Å². The summed E-state index contributed by atoms with van der Waals surface area (Å²) in [5.74, 6) is -2.58. The summed E-state index contributed by atoms with van der Waals surface area (Å²) >= 11 is 0. The molecule has 2 aromatic carbocycles. The van der Waals surface area contributed by atoms with Gasteiger partial charge in [-0.25, -0.2) is 17.2 Å². The number of piperidine rings is 1. The number of hydrogen-bond acceptors (Lipinski definition) is 3. The van der Waals surface area contributed by atoms with Gasteiger partial charge >= 0.3 is 0 Å². The van der Waals surface area contributed by atoms with Crippen molar-refractivity contribution in [3.63, 3.8) is 0 Å². The van der Waals surface area contributed by atoms with Crippen LogP contribution < -0.4 is 5.32 Å².